The van der Waals surface area contributed by atoms with Crippen LogP contribution in [0.1, 0.15) is 25.3 Å². The standard InChI is InChI=1S/C10H14N2O.C5H10O/c1-12-9(10(11)13)7-8-5-3-2-4-6-8;1-5-3-2-4-6-5/h2-6,9,12H,7H2,1H3,(H2,11,13);5H,2-4H2,1H3/t9-;/m1./s1. The normalized spacial score (nSPS) is 19.4. The Labute approximate surface area is 115 Å². The van der Waals surface area contributed by atoms with E-state index in [1.807, 2.05) is 30.3 Å². The molecule has 3 N–H and O–H groups in total. The van der Waals surface area contributed by atoms with Crippen molar-refractivity contribution in [2.75, 3.05) is 13.7 Å². The third kappa shape index (κ3) is 6.36. The Morgan fingerprint density at radius 3 is 2.53 bits per heavy atom. The molecular formula is C15H24N2O2. The molecule has 2 atom stereocenters. The van der Waals surface area contributed by atoms with E-state index in [1.54, 1.807) is 7.05 Å². The Kier molecular flexibility index (Phi) is 7.15. The average molecular weight is 264 g/mol. The van der Waals surface area contributed by atoms with Crippen LogP contribution in [0.4, 0.5) is 0 Å². The second-order valence-corrected chi connectivity index (χ2v) is 4.76. The van der Waals surface area contributed by atoms with E-state index in [4.69, 9.17) is 10.5 Å². The van der Waals surface area contributed by atoms with Crippen LogP contribution in [0.5, 0.6) is 0 Å². The molecule has 4 nitrogen and oxygen atoms in total. The molecule has 19 heavy (non-hydrogen) atoms. The molecule has 0 saturated carbocycles. The second kappa shape index (κ2) is 8.67. The van der Waals surface area contributed by atoms with Crippen LogP contribution in [0.25, 0.3) is 0 Å². The number of carbonyl (C=O) groups is 1. The maximum absolute atomic E-state index is 10.9. The lowest BCUT2D eigenvalue weighted by atomic mass is 10.1. The van der Waals surface area contributed by atoms with E-state index in [0.29, 0.717) is 12.5 Å². The number of likely N-dealkylation sites (N-methyl/N-ethyl adjacent to an activating group) is 1. The molecule has 1 unspecified atom stereocenters. The van der Waals surface area contributed by atoms with E-state index in [1.165, 1.54) is 12.8 Å². The quantitative estimate of drug-likeness (QED) is 0.866. The summed E-state index contributed by atoms with van der Waals surface area (Å²) in [5.74, 6) is -0.314. The Balaban J connectivity index is 0.000000250. The largest absolute Gasteiger partial charge is 0.379 e. The first kappa shape index (κ1) is 15.7. The fraction of sp³-hybridized carbons (Fsp3) is 0.533. The van der Waals surface area contributed by atoms with Gasteiger partial charge in [0.1, 0.15) is 0 Å². The third-order valence-electron chi connectivity index (χ3n) is 3.13. The van der Waals surface area contributed by atoms with Gasteiger partial charge in [0.2, 0.25) is 5.91 Å². The summed E-state index contributed by atoms with van der Waals surface area (Å²) in [5.41, 5.74) is 6.31. The lowest BCUT2D eigenvalue weighted by molar-refractivity contribution is -0.119. The zero-order valence-electron chi connectivity index (χ0n) is 11.8. The number of hydrogen-bond acceptors (Lipinski definition) is 3. The molecule has 0 bridgehead atoms. The molecule has 1 aliphatic heterocycles. The molecular weight excluding hydrogens is 240 g/mol. The van der Waals surface area contributed by atoms with E-state index < -0.39 is 0 Å². The van der Waals surface area contributed by atoms with Crippen molar-refractivity contribution in [3.8, 4) is 0 Å². The van der Waals surface area contributed by atoms with Crippen molar-refractivity contribution in [2.45, 2.75) is 38.3 Å². The lowest BCUT2D eigenvalue weighted by Gasteiger charge is -2.11. The number of amides is 1. The van der Waals surface area contributed by atoms with Crippen LogP contribution in [0.3, 0.4) is 0 Å². The van der Waals surface area contributed by atoms with E-state index in [0.717, 1.165) is 12.2 Å². The molecule has 0 radical (unpaired) electrons. The average Bonchev–Trinajstić information content (AvgIpc) is 2.89. The van der Waals surface area contributed by atoms with Gasteiger partial charge in [0.25, 0.3) is 0 Å². The van der Waals surface area contributed by atoms with Crippen LogP contribution in [-0.2, 0) is 16.0 Å². The van der Waals surface area contributed by atoms with Crippen molar-refractivity contribution in [1.29, 1.82) is 0 Å². The molecule has 1 heterocycles. The summed E-state index contributed by atoms with van der Waals surface area (Å²) in [4.78, 5) is 10.9. The van der Waals surface area contributed by atoms with Gasteiger partial charge in [0, 0.05) is 6.61 Å². The van der Waals surface area contributed by atoms with Gasteiger partial charge in [-0.3, -0.25) is 4.79 Å². The smallest absolute Gasteiger partial charge is 0.234 e. The van der Waals surface area contributed by atoms with Crippen molar-refractivity contribution in [2.24, 2.45) is 5.73 Å². The van der Waals surface area contributed by atoms with Crippen LogP contribution in [-0.4, -0.2) is 31.7 Å². The topological polar surface area (TPSA) is 64.3 Å². The zero-order chi connectivity index (χ0) is 14.1. The predicted octanol–water partition coefficient (Wildman–Crippen LogP) is 1.49. The summed E-state index contributed by atoms with van der Waals surface area (Å²) in [6.07, 6.45) is 3.72. The Morgan fingerprint density at radius 2 is 2.16 bits per heavy atom. The first-order chi connectivity index (χ1) is 9.13. The summed E-state index contributed by atoms with van der Waals surface area (Å²) >= 11 is 0. The van der Waals surface area contributed by atoms with Crippen LogP contribution in [0.2, 0.25) is 0 Å². The molecule has 4 heteroatoms. The summed E-state index contributed by atoms with van der Waals surface area (Å²) in [5, 5.41) is 2.88. The van der Waals surface area contributed by atoms with Crippen molar-refractivity contribution in [3.63, 3.8) is 0 Å². The van der Waals surface area contributed by atoms with Crippen molar-refractivity contribution in [3.05, 3.63) is 35.9 Å². The molecule has 1 aromatic carbocycles. The van der Waals surface area contributed by atoms with Crippen LogP contribution >= 0.6 is 0 Å². The first-order valence-electron chi connectivity index (χ1n) is 6.75. The van der Waals surface area contributed by atoms with Crippen molar-refractivity contribution in [1.82, 2.24) is 5.32 Å². The van der Waals surface area contributed by atoms with E-state index in [9.17, 15) is 4.79 Å². The van der Waals surface area contributed by atoms with Gasteiger partial charge in [-0.25, -0.2) is 0 Å². The number of ether oxygens (including phenoxy) is 1. The highest BCUT2D eigenvalue weighted by atomic mass is 16.5. The first-order valence-corrected chi connectivity index (χ1v) is 6.75. The number of nitrogens with one attached hydrogen (secondary N) is 1. The molecule has 1 aromatic rings. The number of carbonyl (C=O) groups excluding carboxylic acids is 1. The monoisotopic (exact) mass is 264 g/mol. The summed E-state index contributed by atoms with van der Waals surface area (Å²) < 4.78 is 5.15. The van der Waals surface area contributed by atoms with Crippen LogP contribution in [0, 0.1) is 0 Å². The van der Waals surface area contributed by atoms with E-state index >= 15 is 0 Å². The maximum atomic E-state index is 10.9. The van der Waals surface area contributed by atoms with Gasteiger partial charge >= 0.3 is 0 Å². The lowest BCUT2D eigenvalue weighted by Crippen LogP contribution is -2.40. The highest BCUT2D eigenvalue weighted by molar-refractivity contribution is 5.80. The molecule has 0 spiro atoms. The molecule has 106 valence electrons. The SMILES string of the molecule is CC1CCCO1.CN[C@H](Cc1ccccc1)C(N)=O. The maximum Gasteiger partial charge on any atom is 0.234 e. The Bertz CT molecular complexity index is 362. The molecule has 2 rings (SSSR count). The van der Waals surface area contributed by atoms with Crippen molar-refractivity contribution < 1.29 is 9.53 Å². The fourth-order valence-electron chi connectivity index (χ4n) is 1.93. The van der Waals surface area contributed by atoms with Crippen molar-refractivity contribution >= 4 is 5.91 Å². The van der Waals surface area contributed by atoms with E-state index in [-0.39, 0.29) is 11.9 Å². The highest BCUT2D eigenvalue weighted by Crippen LogP contribution is 2.09. The second-order valence-electron chi connectivity index (χ2n) is 4.76. The molecule has 1 aliphatic rings. The fourth-order valence-corrected chi connectivity index (χ4v) is 1.93. The summed E-state index contributed by atoms with van der Waals surface area (Å²) in [6.45, 7) is 3.11. The Morgan fingerprint density at radius 1 is 1.47 bits per heavy atom. The summed E-state index contributed by atoms with van der Waals surface area (Å²) in [7, 11) is 1.73. The summed E-state index contributed by atoms with van der Waals surface area (Å²) in [6, 6.07) is 9.52. The number of hydrogen-bond donors (Lipinski definition) is 2. The van der Waals surface area contributed by atoms with Gasteiger partial charge < -0.3 is 15.8 Å². The third-order valence-corrected chi connectivity index (χ3v) is 3.13. The van der Waals surface area contributed by atoms with E-state index in [2.05, 4.69) is 12.2 Å². The number of benzene rings is 1. The number of primary amides is 1. The molecule has 1 amide bonds. The van der Waals surface area contributed by atoms with Crippen LogP contribution < -0.4 is 11.1 Å². The minimum absolute atomic E-state index is 0.276. The predicted molar refractivity (Wildman–Crippen MR) is 76.8 cm³/mol. The molecule has 0 aromatic heterocycles. The van der Waals surface area contributed by atoms with Gasteiger partial charge in [-0.2, -0.15) is 0 Å². The van der Waals surface area contributed by atoms with Gasteiger partial charge in [0.15, 0.2) is 0 Å². The minimum Gasteiger partial charge on any atom is -0.379 e. The molecule has 0 aliphatic carbocycles. The van der Waals surface area contributed by atoms with Crippen LogP contribution in [0.15, 0.2) is 30.3 Å². The van der Waals surface area contributed by atoms with Gasteiger partial charge in [0.05, 0.1) is 12.1 Å². The molecule has 1 fully saturated rings. The Hall–Kier alpha value is -1.39. The molecule has 1 saturated heterocycles. The number of rotatable bonds is 4. The zero-order valence-corrected chi connectivity index (χ0v) is 11.8. The minimum atomic E-state index is -0.314. The highest BCUT2D eigenvalue weighted by Gasteiger charge is 2.12. The van der Waals surface area contributed by atoms with Gasteiger partial charge in [-0.05, 0) is 38.8 Å². The van der Waals surface area contributed by atoms with Gasteiger partial charge in [-0.15, -0.1) is 0 Å². The van der Waals surface area contributed by atoms with Gasteiger partial charge in [-0.1, -0.05) is 30.3 Å². The number of nitrogens with two attached hydrogens (primary N) is 1.